The minimum absolute atomic E-state index is 0.0635. The summed E-state index contributed by atoms with van der Waals surface area (Å²) < 4.78 is 18.3. The smallest absolute Gasteiger partial charge is 0.123 e. The van der Waals surface area contributed by atoms with Gasteiger partial charge in [-0.3, -0.25) is 4.90 Å². The molecule has 0 aromatic heterocycles. The summed E-state index contributed by atoms with van der Waals surface area (Å²) in [6.07, 6.45) is 1.09. The number of aliphatic hydroxyl groups excluding tert-OH is 1. The maximum absolute atomic E-state index is 13.0. The Balaban J connectivity index is 1.66. The highest BCUT2D eigenvalue weighted by Gasteiger charge is 2.42. The summed E-state index contributed by atoms with van der Waals surface area (Å²) in [6.45, 7) is 5.62. The summed E-state index contributed by atoms with van der Waals surface area (Å²) in [7, 11) is 0. The summed E-state index contributed by atoms with van der Waals surface area (Å²) >= 11 is 0. The van der Waals surface area contributed by atoms with Crippen molar-refractivity contribution >= 4 is 0 Å². The number of likely N-dealkylation sites (tertiary alicyclic amines) is 1. The zero-order chi connectivity index (χ0) is 14.2. The second-order valence-corrected chi connectivity index (χ2v) is 6.41. The van der Waals surface area contributed by atoms with Gasteiger partial charge in [-0.2, -0.15) is 0 Å². The van der Waals surface area contributed by atoms with Gasteiger partial charge in [0.25, 0.3) is 0 Å². The van der Waals surface area contributed by atoms with Crippen molar-refractivity contribution in [3.8, 4) is 0 Å². The fourth-order valence-electron chi connectivity index (χ4n) is 3.35. The molecular weight excluding hydrogens is 257 g/mol. The van der Waals surface area contributed by atoms with E-state index in [4.69, 9.17) is 4.74 Å². The van der Waals surface area contributed by atoms with E-state index in [1.54, 1.807) is 0 Å². The van der Waals surface area contributed by atoms with Crippen LogP contribution in [0.1, 0.15) is 24.8 Å². The van der Waals surface area contributed by atoms with Crippen LogP contribution in [0.5, 0.6) is 0 Å². The highest BCUT2D eigenvalue weighted by atomic mass is 19.1. The quantitative estimate of drug-likeness (QED) is 0.915. The largest absolute Gasteiger partial charge is 0.396 e. The van der Waals surface area contributed by atoms with Crippen LogP contribution in [0.2, 0.25) is 0 Å². The molecular formula is C16H22FNO2. The van der Waals surface area contributed by atoms with Gasteiger partial charge >= 0.3 is 0 Å². The van der Waals surface area contributed by atoms with E-state index in [-0.39, 0.29) is 17.8 Å². The van der Waals surface area contributed by atoms with E-state index in [0.717, 1.165) is 19.5 Å². The Morgan fingerprint density at radius 3 is 2.60 bits per heavy atom. The molecule has 0 saturated carbocycles. The normalized spacial score (nSPS) is 29.4. The summed E-state index contributed by atoms with van der Waals surface area (Å²) in [5, 5.41) is 9.55. The average Bonchev–Trinajstić information content (AvgIpc) is 2.76. The molecule has 2 heterocycles. The number of nitrogens with zero attached hydrogens (tertiary/aromatic N) is 1. The van der Waals surface area contributed by atoms with Gasteiger partial charge in [0.05, 0.1) is 25.2 Å². The molecule has 1 aromatic carbocycles. The van der Waals surface area contributed by atoms with Gasteiger partial charge in [-0.05, 0) is 37.0 Å². The summed E-state index contributed by atoms with van der Waals surface area (Å²) in [4.78, 5) is 2.44. The van der Waals surface area contributed by atoms with Gasteiger partial charge in [-0.1, -0.05) is 12.1 Å². The summed E-state index contributed by atoms with van der Waals surface area (Å²) in [5.41, 5.74) is 1.15. The lowest BCUT2D eigenvalue weighted by Gasteiger charge is -2.43. The molecule has 1 aromatic rings. The zero-order valence-electron chi connectivity index (χ0n) is 11.9. The third kappa shape index (κ3) is 2.60. The number of ether oxygens (including phenoxy) is 1. The SMILES string of the molecule is CC1CC(c2ccc(F)cc2)CN1CC1(CO)COC1. The van der Waals surface area contributed by atoms with Crippen molar-refractivity contribution in [1.29, 1.82) is 0 Å². The molecule has 0 bridgehead atoms. The first-order valence-electron chi connectivity index (χ1n) is 7.30. The first kappa shape index (κ1) is 14.0. The molecule has 1 N–H and O–H groups in total. The predicted octanol–water partition coefficient (Wildman–Crippen LogP) is 2.01. The lowest BCUT2D eigenvalue weighted by Crippen LogP contribution is -2.53. The van der Waals surface area contributed by atoms with E-state index in [2.05, 4.69) is 11.8 Å². The molecule has 2 aliphatic heterocycles. The maximum atomic E-state index is 13.0. The predicted molar refractivity (Wildman–Crippen MR) is 75.1 cm³/mol. The van der Waals surface area contributed by atoms with Crippen LogP contribution in [0.15, 0.2) is 24.3 Å². The molecule has 2 fully saturated rings. The number of rotatable bonds is 4. The summed E-state index contributed by atoms with van der Waals surface area (Å²) in [5.74, 6) is 0.282. The molecule has 0 radical (unpaired) electrons. The molecule has 20 heavy (non-hydrogen) atoms. The van der Waals surface area contributed by atoms with Crippen LogP contribution in [0.25, 0.3) is 0 Å². The van der Waals surface area contributed by atoms with Crippen LogP contribution < -0.4 is 0 Å². The van der Waals surface area contributed by atoms with Crippen molar-refractivity contribution in [3.63, 3.8) is 0 Å². The van der Waals surface area contributed by atoms with Crippen molar-refractivity contribution in [1.82, 2.24) is 4.90 Å². The molecule has 0 aliphatic carbocycles. The fourth-order valence-corrected chi connectivity index (χ4v) is 3.35. The van der Waals surface area contributed by atoms with Gasteiger partial charge in [-0.25, -0.2) is 4.39 Å². The Kier molecular flexibility index (Phi) is 3.80. The highest BCUT2D eigenvalue weighted by Crippen LogP contribution is 2.36. The van der Waals surface area contributed by atoms with Crippen molar-refractivity contribution in [2.24, 2.45) is 5.41 Å². The first-order valence-corrected chi connectivity index (χ1v) is 7.30. The lowest BCUT2D eigenvalue weighted by molar-refractivity contribution is -0.149. The molecule has 0 spiro atoms. The van der Waals surface area contributed by atoms with Gasteiger partial charge in [0.15, 0.2) is 0 Å². The number of benzene rings is 1. The second kappa shape index (κ2) is 5.43. The van der Waals surface area contributed by atoms with Crippen LogP contribution in [-0.4, -0.2) is 49.0 Å². The van der Waals surface area contributed by atoms with Crippen molar-refractivity contribution in [2.45, 2.75) is 25.3 Å². The monoisotopic (exact) mass is 279 g/mol. The van der Waals surface area contributed by atoms with Crippen molar-refractivity contribution in [3.05, 3.63) is 35.6 Å². The number of halogens is 1. The molecule has 2 atom stereocenters. The Labute approximate surface area is 119 Å². The van der Waals surface area contributed by atoms with Gasteiger partial charge in [0.2, 0.25) is 0 Å². The topological polar surface area (TPSA) is 32.7 Å². The molecule has 2 unspecified atom stereocenters. The minimum atomic E-state index is -0.178. The second-order valence-electron chi connectivity index (χ2n) is 6.41. The van der Waals surface area contributed by atoms with Crippen LogP contribution in [-0.2, 0) is 4.74 Å². The number of hydrogen-bond donors (Lipinski definition) is 1. The number of hydrogen-bond acceptors (Lipinski definition) is 3. The van der Waals surface area contributed by atoms with Gasteiger partial charge < -0.3 is 9.84 Å². The van der Waals surface area contributed by atoms with Crippen LogP contribution in [0.3, 0.4) is 0 Å². The van der Waals surface area contributed by atoms with E-state index in [9.17, 15) is 9.50 Å². The highest BCUT2D eigenvalue weighted by molar-refractivity contribution is 5.22. The van der Waals surface area contributed by atoms with E-state index >= 15 is 0 Å². The Hall–Kier alpha value is -0.970. The molecule has 2 saturated heterocycles. The summed E-state index contributed by atoms with van der Waals surface area (Å²) in [6, 6.07) is 7.36. The Morgan fingerprint density at radius 1 is 1.35 bits per heavy atom. The third-order valence-corrected chi connectivity index (χ3v) is 4.74. The van der Waals surface area contributed by atoms with E-state index < -0.39 is 0 Å². The fraction of sp³-hybridized carbons (Fsp3) is 0.625. The van der Waals surface area contributed by atoms with E-state index in [1.807, 2.05) is 12.1 Å². The minimum Gasteiger partial charge on any atom is -0.396 e. The molecule has 110 valence electrons. The van der Waals surface area contributed by atoms with Gasteiger partial charge in [-0.15, -0.1) is 0 Å². The lowest BCUT2D eigenvalue weighted by atomic mass is 9.86. The van der Waals surface area contributed by atoms with Crippen LogP contribution >= 0.6 is 0 Å². The van der Waals surface area contributed by atoms with Crippen molar-refractivity contribution in [2.75, 3.05) is 32.9 Å². The first-order chi connectivity index (χ1) is 9.62. The van der Waals surface area contributed by atoms with Crippen molar-refractivity contribution < 1.29 is 14.2 Å². The standard InChI is InChI=1S/C16H22FNO2/c1-12-6-14(13-2-4-15(17)5-3-13)7-18(12)8-16(9-19)10-20-11-16/h2-5,12,14,19H,6-11H2,1H3. The van der Waals surface area contributed by atoms with E-state index in [0.29, 0.717) is 25.2 Å². The Morgan fingerprint density at radius 2 is 2.05 bits per heavy atom. The average molecular weight is 279 g/mol. The van der Waals surface area contributed by atoms with Crippen LogP contribution in [0.4, 0.5) is 4.39 Å². The maximum Gasteiger partial charge on any atom is 0.123 e. The third-order valence-electron chi connectivity index (χ3n) is 4.74. The molecule has 2 aliphatic rings. The molecule has 0 amide bonds. The van der Waals surface area contributed by atoms with Crippen LogP contribution in [0, 0.1) is 11.2 Å². The molecule has 3 nitrogen and oxygen atoms in total. The zero-order valence-corrected chi connectivity index (χ0v) is 11.9. The van der Waals surface area contributed by atoms with E-state index in [1.165, 1.54) is 17.7 Å². The number of aliphatic hydroxyl groups is 1. The van der Waals surface area contributed by atoms with Gasteiger partial charge in [0.1, 0.15) is 5.82 Å². The Bertz CT molecular complexity index is 453. The molecule has 3 rings (SSSR count). The van der Waals surface area contributed by atoms with Gasteiger partial charge in [0, 0.05) is 19.1 Å². The molecule has 4 heteroatoms.